The van der Waals surface area contributed by atoms with Crippen molar-refractivity contribution in [3.63, 3.8) is 0 Å². The molecular weight excluding hydrogens is 366 g/mol. The summed E-state index contributed by atoms with van der Waals surface area (Å²) < 4.78 is 0. The molecule has 4 amide bonds. The third-order valence-electron chi connectivity index (χ3n) is 5.14. The third-order valence-corrected chi connectivity index (χ3v) is 5.37. The van der Waals surface area contributed by atoms with E-state index in [1.807, 2.05) is 30.3 Å². The lowest BCUT2D eigenvalue weighted by Gasteiger charge is -2.32. The zero-order valence-electron chi connectivity index (χ0n) is 14.5. The molecule has 2 aliphatic rings. The quantitative estimate of drug-likeness (QED) is 0.711. The van der Waals surface area contributed by atoms with Crippen LogP contribution in [0.25, 0.3) is 0 Å². The van der Waals surface area contributed by atoms with Crippen LogP contribution < -0.4 is 16.0 Å². The Morgan fingerprint density at radius 3 is 2.74 bits per heavy atom. The van der Waals surface area contributed by atoms with Crippen LogP contribution in [0.2, 0.25) is 5.02 Å². The summed E-state index contributed by atoms with van der Waals surface area (Å²) in [5.41, 5.74) is 2.65. The Hall–Kier alpha value is -2.86. The number of aryl methyl sites for hydroxylation is 1. The topological polar surface area (TPSA) is 87.3 Å². The number of imide groups is 1. The smallest absolute Gasteiger partial charge is 0.322 e. The van der Waals surface area contributed by atoms with E-state index in [-0.39, 0.29) is 11.8 Å². The van der Waals surface area contributed by atoms with Crippen molar-refractivity contribution >= 4 is 29.4 Å². The zero-order valence-corrected chi connectivity index (χ0v) is 15.2. The van der Waals surface area contributed by atoms with Gasteiger partial charge in [0.05, 0.1) is 0 Å². The van der Waals surface area contributed by atoms with Crippen LogP contribution in [0.4, 0.5) is 4.79 Å². The number of carbonyl (C=O) groups is 3. The van der Waals surface area contributed by atoms with E-state index in [1.54, 1.807) is 12.1 Å². The highest BCUT2D eigenvalue weighted by atomic mass is 35.5. The number of hydrogen-bond donors (Lipinski definition) is 3. The van der Waals surface area contributed by atoms with Gasteiger partial charge in [0.25, 0.3) is 11.8 Å². The van der Waals surface area contributed by atoms with Crippen molar-refractivity contribution in [3.8, 4) is 0 Å². The summed E-state index contributed by atoms with van der Waals surface area (Å²) in [7, 11) is 0. The first-order valence-corrected chi connectivity index (χ1v) is 9.11. The Kier molecular flexibility index (Phi) is 4.36. The molecule has 4 rings (SSSR count). The standard InChI is InChI=1S/C20H18ClN3O3/c21-16-3-1-2-12(8-16)11-22-17(25)14-4-5-15-10-20(7-6-13(15)9-14)18(26)23-19(27)24-20/h1-5,8-9H,6-7,10-11H2,(H,22,25)(H2,23,24,26,27). The number of rotatable bonds is 3. The van der Waals surface area contributed by atoms with Crippen molar-refractivity contribution in [3.05, 3.63) is 69.7 Å². The van der Waals surface area contributed by atoms with Gasteiger partial charge in [0, 0.05) is 23.6 Å². The highest BCUT2D eigenvalue weighted by Crippen LogP contribution is 2.31. The summed E-state index contributed by atoms with van der Waals surface area (Å²) in [5.74, 6) is -0.438. The molecule has 1 saturated heterocycles. The molecule has 1 aliphatic carbocycles. The van der Waals surface area contributed by atoms with E-state index in [2.05, 4.69) is 16.0 Å². The van der Waals surface area contributed by atoms with E-state index in [1.165, 1.54) is 0 Å². The van der Waals surface area contributed by atoms with Gasteiger partial charge in [-0.1, -0.05) is 29.8 Å². The highest BCUT2D eigenvalue weighted by Gasteiger charge is 2.47. The maximum absolute atomic E-state index is 12.5. The van der Waals surface area contributed by atoms with Crippen molar-refractivity contribution in [1.82, 2.24) is 16.0 Å². The van der Waals surface area contributed by atoms with Gasteiger partial charge in [-0.05, 0) is 53.8 Å². The van der Waals surface area contributed by atoms with Gasteiger partial charge in [0.1, 0.15) is 5.54 Å². The third kappa shape index (κ3) is 3.40. The van der Waals surface area contributed by atoms with Crippen LogP contribution in [0.1, 0.15) is 33.5 Å². The van der Waals surface area contributed by atoms with Gasteiger partial charge in [-0.15, -0.1) is 0 Å². The number of hydrogen-bond acceptors (Lipinski definition) is 3. The average molecular weight is 384 g/mol. The number of urea groups is 1. The number of carbonyl (C=O) groups excluding carboxylic acids is 3. The monoisotopic (exact) mass is 383 g/mol. The predicted octanol–water partition coefficient (Wildman–Crippen LogP) is 2.34. The first-order chi connectivity index (χ1) is 12.9. The van der Waals surface area contributed by atoms with E-state index in [0.29, 0.717) is 36.4 Å². The van der Waals surface area contributed by atoms with Gasteiger partial charge >= 0.3 is 6.03 Å². The summed E-state index contributed by atoms with van der Waals surface area (Å²) in [5, 5.41) is 8.59. The van der Waals surface area contributed by atoms with Gasteiger partial charge in [0.15, 0.2) is 0 Å². The number of benzene rings is 2. The SMILES string of the molecule is O=C1NC(=O)C2(CCc3cc(C(=O)NCc4cccc(Cl)c4)ccc3C2)N1. The van der Waals surface area contributed by atoms with Crippen LogP contribution in [-0.4, -0.2) is 23.4 Å². The lowest BCUT2D eigenvalue weighted by Crippen LogP contribution is -2.51. The second-order valence-corrected chi connectivity index (χ2v) is 7.40. The largest absolute Gasteiger partial charge is 0.348 e. The fourth-order valence-corrected chi connectivity index (χ4v) is 3.91. The Morgan fingerprint density at radius 1 is 1.15 bits per heavy atom. The molecule has 1 fully saturated rings. The van der Waals surface area contributed by atoms with E-state index in [9.17, 15) is 14.4 Å². The number of nitrogens with one attached hydrogen (secondary N) is 3. The second kappa shape index (κ2) is 6.70. The molecule has 1 atom stereocenters. The lowest BCUT2D eigenvalue weighted by atomic mass is 9.77. The number of fused-ring (bicyclic) bond motifs is 1. The lowest BCUT2D eigenvalue weighted by molar-refractivity contribution is -0.124. The molecule has 0 aromatic heterocycles. The van der Waals surface area contributed by atoms with Crippen LogP contribution in [0, 0.1) is 0 Å². The Balaban J connectivity index is 1.47. The first kappa shape index (κ1) is 17.5. The van der Waals surface area contributed by atoms with Gasteiger partial charge < -0.3 is 10.6 Å². The summed E-state index contributed by atoms with van der Waals surface area (Å²) in [6.45, 7) is 0.395. The van der Waals surface area contributed by atoms with Crippen molar-refractivity contribution < 1.29 is 14.4 Å². The summed E-state index contributed by atoms with van der Waals surface area (Å²) in [6, 6.07) is 12.4. The van der Waals surface area contributed by atoms with E-state index in [4.69, 9.17) is 11.6 Å². The fourth-order valence-electron chi connectivity index (χ4n) is 3.69. The second-order valence-electron chi connectivity index (χ2n) is 6.96. The van der Waals surface area contributed by atoms with Gasteiger partial charge in [-0.25, -0.2) is 4.79 Å². The molecule has 1 spiro atoms. The van der Waals surface area contributed by atoms with Crippen molar-refractivity contribution in [1.29, 1.82) is 0 Å². The Morgan fingerprint density at radius 2 is 2.00 bits per heavy atom. The first-order valence-electron chi connectivity index (χ1n) is 8.73. The molecule has 2 aromatic rings. The molecule has 27 heavy (non-hydrogen) atoms. The molecule has 1 aliphatic heterocycles. The number of halogens is 1. The zero-order chi connectivity index (χ0) is 19.0. The summed E-state index contributed by atoms with van der Waals surface area (Å²) in [6.07, 6.45) is 1.58. The Labute approximate surface area is 161 Å². The average Bonchev–Trinajstić information content (AvgIpc) is 2.92. The maximum Gasteiger partial charge on any atom is 0.322 e. The highest BCUT2D eigenvalue weighted by molar-refractivity contribution is 6.30. The van der Waals surface area contributed by atoms with Crippen molar-refractivity contribution in [2.45, 2.75) is 31.3 Å². The molecule has 7 heteroatoms. The van der Waals surface area contributed by atoms with Crippen molar-refractivity contribution in [2.24, 2.45) is 0 Å². The molecule has 3 N–H and O–H groups in total. The minimum absolute atomic E-state index is 0.162. The maximum atomic E-state index is 12.5. The van der Waals surface area contributed by atoms with Crippen LogP contribution in [0.15, 0.2) is 42.5 Å². The van der Waals surface area contributed by atoms with Crippen LogP contribution in [0.3, 0.4) is 0 Å². The fraction of sp³-hybridized carbons (Fsp3) is 0.250. The van der Waals surface area contributed by atoms with E-state index < -0.39 is 11.6 Å². The van der Waals surface area contributed by atoms with Crippen LogP contribution in [-0.2, 0) is 24.2 Å². The molecule has 6 nitrogen and oxygen atoms in total. The van der Waals surface area contributed by atoms with Crippen molar-refractivity contribution in [2.75, 3.05) is 0 Å². The van der Waals surface area contributed by atoms with Gasteiger partial charge in [-0.2, -0.15) is 0 Å². The molecule has 2 aromatic carbocycles. The Bertz CT molecular complexity index is 959. The van der Waals surface area contributed by atoms with Gasteiger partial charge in [-0.3, -0.25) is 14.9 Å². The molecule has 0 radical (unpaired) electrons. The molecule has 0 saturated carbocycles. The molecule has 0 bridgehead atoms. The number of amides is 4. The van der Waals surface area contributed by atoms with E-state index >= 15 is 0 Å². The molecule has 1 unspecified atom stereocenters. The predicted molar refractivity (Wildman–Crippen MR) is 100 cm³/mol. The minimum atomic E-state index is -0.861. The summed E-state index contributed by atoms with van der Waals surface area (Å²) in [4.78, 5) is 36.1. The normalized spacial score (nSPS) is 20.8. The van der Waals surface area contributed by atoms with E-state index in [0.717, 1.165) is 16.7 Å². The molecular formula is C20H18ClN3O3. The molecule has 1 heterocycles. The van der Waals surface area contributed by atoms with Gasteiger partial charge in [0.2, 0.25) is 0 Å². The minimum Gasteiger partial charge on any atom is -0.348 e. The van der Waals surface area contributed by atoms with Crippen LogP contribution >= 0.6 is 11.6 Å². The van der Waals surface area contributed by atoms with Crippen LogP contribution in [0.5, 0.6) is 0 Å². The molecule has 138 valence electrons. The summed E-state index contributed by atoms with van der Waals surface area (Å²) >= 11 is 5.96.